The molecule has 2 atom stereocenters. The van der Waals surface area contributed by atoms with E-state index in [4.69, 9.17) is 4.74 Å². The molecule has 0 saturated carbocycles. The van der Waals surface area contributed by atoms with Crippen molar-refractivity contribution in [3.8, 4) is 0 Å². The molecular weight excluding hydrogens is 250 g/mol. The van der Waals surface area contributed by atoms with Gasteiger partial charge in [-0.25, -0.2) is 0 Å². The predicted octanol–water partition coefficient (Wildman–Crippen LogP) is -1.51. The predicted molar refractivity (Wildman–Crippen MR) is 66.1 cm³/mol. The van der Waals surface area contributed by atoms with Crippen LogP contribution >= 0.6 is 0 Å². The zero-order chi connectivity index (χ0) is 13.8. The average Bonchev–Trinajstić information content (AvgIpc) is 2.82. The van der Waals surface area contributed by atoms with Crippen LogP contribution in [0.15, 0.2) is 0 Å². The second-order valence-electron chi connectivity index (χ2n) is 4.87. The Labute approximate surface area is 111 Å². The highest BCUT2D eigenvalue weighted by Gasteiger charge is 2.38. The largest absolute Gasteiger partial charge is 0.379 e. The van der Waals surface area contributed by atoms with E-state index in [1.54, 1.807) is 0 Å². The first-order valence-corrected chi connectivity index (χ1v) is 6.54. The number of carbonyl (C=O) groups is 3. The molecule has 0 aromatic carbocycles. The van der Waals surface area contributed by atoms with Crippen molar-refractivity contribution in [3.63, 3.8) is 0 Å². The van der Waals surface area contributed by atoms with Crippen molar-refractivity contribution < 1.29 is 19.1 Å². The molecule has 2 fully saturated rings. The highest BCUT2D eigenvalue weighted by atomic mass is 16.5. The van der Waals surface area contributed by atoms with Crippen LogP contribution in [0.2, 0.25) is 0 Å². The first kappa shape index (κ1) is 14.0. The summed E-state index contributed by atoms with van der Waals surface area (Å²) < 4.78 is 5.34. The molecule has 3 amide bonds. The molecule has 2 aliphatic rings. The zero-order valence-electron chi connectivity index (χ0n) is 11.0. The number of hydrogen-bond acceptors (Lipinski definition) is 5. The third-order valence-electron chi connectivity index (χ3n) is 3.31. The van der Waals surface area contributed by atoms with Gasteiger partial charge >= 0.3 is 0 Å². The fraction of sp³-hybridized carbons (Fsp3) is 0.750. The molecule has 106 valence electrons. The third kappa shape index (κ3) is 3.30. The molecule has 0 aliphatic carbocycles. The van der Waals surface area contributed by atoms with E-state index in [0.29, 0.717) is 13.2 Å². The molecule has 0 bridgehead atoms. The number of piperazine rings is 1. The fourth-order valence-corrected chi connectivity index (χ4v) is 2.36. The molecule has 0 radical (unpaired) electrons. The van der Waals surface area contributed by atoms with Crippen LogP contribution in [-0.4, -0.2) is 61.5 Å². The number of imide groups is 1. The van der Waals surface area contributed by atoms with Gasteiger partial charge in [-0.3, -0.25) is 19.7 Å². The molecule has 7 heteroatoms. The second-order valence-corrected chi connectivity index (χ2v) is 4.87. The summed E-state index contributed by atoms with van der Waals surface area (Å²) in [4.78, 5) is 36.2. The second kappa shape index (κ2) is 6.12. The van der Waals surface area contributed by atoms with Crippen LogP contribution in [0.3, 0.4) is 0 Å². The van der Waals surface area contributed by atoms with E-state index in [2.05, 4.69) is 10.6 Å². The van der Waals surface area contributed by atoms with Gasteiger partial charge in [0.05, 0.1) is 19.1 Å². The Balaban J connectivity index is 1.97. The van der Waals surface area contributed by atoms with Crippen molar-refractivity contribution >= 4 is 17.7 Å². The molecule has 0 aromatic heterocycles. The van der Waals surface area contributed by atoms with Crippen LogP contribution in [0, 0.1) is 5.92 Å². The van der Waals surface area contributed by atoms with E-state index in [1.807, 2.05) is 6.92 Å². The smallest absolute Gasteiger partial charge is 0.246 e. The fourth-order valence-electron chi connectivity index (χ4n) is 2.36. The first-order chi connectivity index (χ1) is 9.11. The molecule has 2 aliphatic heterocycles. The Morgan fingerprint density at radius 1 is 1.37 bits per heavy atom. The monoisotopic (exact) mass is 269 g/mol. The highest BCUT2D eigenvalue weighted by molar-refractivity contribution is 6.02. The van der Waals surface area contributed by atoms with E-state index < -0.39 is 11.8 Å². The van der Waals surface area contributed by atoms with Gasteiger partial charge in [0.25, 0.3) is 0 Å². The van der Waals surface area contributed by atoms with Gasteiger partial charge in [-0.1, -0.05) is 6.92 Å². The lowest BCUT2D eigenvalue weighted by Crippen LogP contribution is -2.56. The first-order valence-electron chi connectivity index (χ1n) is 6.54. The van der Waals surface area contributed by atoms with Crippen molar-refractivity contribution in [2.45, 2.75) is 19.4 Å². The van der Waals surface area contributed by atoms with Gasteiger partial charge in [0, 0.05) is 6.04 Å². The SMILES string of the molecule is CCCNC1COCC1C(=O)N1CC(=O)NC(=O)C1. The molecular formula is C12H19N3O4. The van der Waals surface area contributed by atoms with Crippen LogP contribution in [-0.2, 0) is 19.1 Å². The minimum Gasteiger partial charge on any atom is -0.379 e. The molecule has 2 saturated heterocycles. The van der Waals surface area contributed by atoms with Gasteiger partial charge in [0.2, 0.25) is 17.7 Å². The zero-order valence-corrected chi connectivity index (χ0v) is 11.0. The number of ether oxygens (including phenoxy) is 1. The molecule has 2 N–H and O–H groups in total. The van der Waals surface area contributed by atoms with Gasteiger partial charge in [0.15, 0.2) is 0 Å². The van der Waals surface area contributed by atoms with Gasteiger partial charge in [-0.2, -0.15) is 0 Å². The summed E-state index contributed by atoms with van der Waals surface area (Å²) in [6.45, 7) is 3.59. The summed E-state index contributed by atoms with van der Waals surface area (Å²) >= 11 is 0. The number of carbonyl (C=O) groups excluding carboxylic acids is 3. The number of amides is 3. The van der Waals surface area contributed by atoms with E-state index in [1.165, 1.54) is 4.90 Å². The maximum Gasteiger partial charge on any atom is 0.246 e. The molecule has 0 aromatic rings. The Bertz CT molecular complexity index is 369. The summed E-state index contributed by atoms with van der Waals surface area (Å²) in [5.41, 5.74) is 0. The summed E-state index contributed by atoms with van der Waals surface area (Å²) in [5, 5.41) is 5.45. The van der Waals surface area contributed by atoms with Crippen molar-refractivity contribution in [1.29, 1.82) is 0 Å². The minimum absolute atomic E-state index is 0.0347. The summed E-state index contributed by atoms with van der Waals surface area (Å²) in [7, 11) is 0. The number of hydrogen-bond donors (Lipinski definition) is 2. The van der Waals surface area contributed by atoms with Crippen molar-refractivity contribution in [3.05, 3.63) is 0 Å². The molecule has 19 heavy (non-hydrogen) atoms. The van der Waals surface area contributed by atoms with Crippen LogP contribution in [0.5, 0.6) is 0 Å². The van der Waals surface area contributed by atoms with Gasteiger partial charge in [-0.05, 0) is 13.0 Å². The molecule has 2 heterocycles. The van der Waals surface area contributed by atoms with E-state index >= 15 is 0 Å². The van der Waals surface area contributed by atoms with Crippen LogP contribution in [0.4, 0.5) is 0 Å². The van der Waals surface area contributed by atoms with Crippen molar-refractivity contribution in [2.24, 2.45) is 5.92 Å². The standard InChI is InChI=1S/C12H19N3O4/c1-2-3-13-9-7-19-6-8(9)12(18)15-4-10(16)14-11(17)5-15/h8-9,13H,2-7H2,1H3,(H,14,16,17). The molecule has 0 spiro atoms. The maximum absolute atomic E-state index is 12.3. The third-order valence-corrected chi connectivity index (χ3v) is 3.31. The lowest BCUT2D eigenvalue weighted by atomic mass is 10.0. The minimum atomic E-state index is -0.429. The van der Waals surface area contributed by atoms with E-state index in [0.717, 1.165) is 13.0 Å². The molecule has 2 unspecified atom stereocenters. The van der Waals surface area contributed by atoms with E-state index in [9.17, 15) is 14.4 Å². The normalized spacial score (nSPS) is 27.5. The molecule has 2 rings (SSSR count). The maximum atomic E-state index is 12.3. The quantitative estimate of drug-likeness (QED) is 0.606. The summed E-state index contributed by atoms with van der Waals surface area (Å²) in [6.07, 6.45) is 0.974. The Morgan fingerprint density at radius 3 is 2.68 bits per heavy atom. The Morgan fingerprint density at radius 2 is 2.05 bits per heavy atom. The van der Waals surface area contributed by atoms with Crippen LogP contribution < -0.4 is 10.6 Å². The van der Waals surface area contributed by atoms with Crippen molar-refractivity contribution in [2.75, 3.05) is 32.8 Å². The van der Waals surface area contributed by atoms with Gasteiger partial charge in [-0.15, -0.1) is 0 Å². The molecule has 7 nitrogen and oxygen atoms in total. The van der Waals surface area contributed by atoms with Crippen molar-refractivity contribution in [1.82, 2.24) is 15.5 Å². The van der Waals surface area contributed by atoms with Gasteiger partial charge in [0.1, 0.15) is 13.1 Å². The number of rotatable bonds is 4. The number of nitrogens with one attached hydrogen (secondary N) is 2. The van der Waals surface area contributed by atoms with E-state index in [-0.39, 0.29) is 31.0 Å². The van der Waals surface area contributed by atoms with Gasteiger partial charge < -0.3 is 15.0 Å². The summed E-state index contributed by atoms with van der Waals surface area (Å²) in [5.74, 6) is -1.36. The van der Waals surface area contributed by atoms with Crippen LogP contribution in [0.25, 0.3) is 0 Å². The lowest BCUT2D eigenvalue weighted by molar-refractivity contribution is -0.147. The summed E-state index contributed by atoms with van der Waals surface area (Å²) in [6, 6.07) is -0.0347. The topological polar surface area (TPSA) is 87.7 Å². The lowest BCUT2D eigenvalue weighted by Gasteiger charge is -2.29. The Kier molecular flexibility index (Phi) is 4.49. The number of nitrogens with zero attached hydrogens (tertiary/aromatic N) is 1. The average molecular weight is 269 g/mol. The van der Waals surface area contributed by atoms with Crippen LogP contribution in [0.1, 0.15) is 13.3 Å². The highest BCUT2D eigenvalue weighted by Crippen LogP contribution is 2.17. The Hall–Kier alpha value is -1.47.